The summed E-state index contributed by atoms with van der Waals surface area (Å²) in [7, 11) is 0. The van der Waals surface area contributed by atoms with Gasteiger partial charge in [-0.2, -0.15) is 0 Å². The number of ether oxygens (including phenoxy) is 1. The van der Waals surface area contributed by atoms with E-state index in [-0.39, 0.29) is 24.0 Å². The molecule has 1 aliphatic carbocycles. The van der Waals surface area contributed by atoms with E-state index in [0.717, 1.165) is 41.8 Å². The highest BCUT2D eigenvalue weighted by Gasteiger charge is 2.33. The highest BCUT2D eigenvalue weighted by molar-refractivity contribution is 5.90. The lowest BCUT2D eigenvalue weighted by molar-refractivity contribution is -0.124. The molecule has 27 heavy (non-hydrogen) atoms. The smallest absolute Gasteiger partial charge is 0.414 e. The molecule has 1 aliphatic heterocycles. The molecule has 0 spiro atoms. The molecule has 0 unspecified atom stereocenters. The zero-order valence-corrected chi connectivity index (χ0v) is 15.5. The number of hydrogen-bond acceptors (Lipinski definition) is 5. The number of amides is 2. The van der Waals surface area contributed by atoms with Crippen LogP contribution >= 0.6 is 0 Å². The van der Waals surface area contributed by atoms with Crippen molar-refractivity contribution in [3.05, 3.63) is 35.7 Å². The van der Waals surface area contributed by atoms with Gasteiger partial charge in [0.1, 0.15) is 11.9 Å². The van der Waals surface area contributed by atoms with E-state index in [0.29, 0.717) is 13.1 Å². The summed E-state index contributed by atoms with van der Waals surface area (Å²) in [4.78, 5) is 25.7. The third kappa shape index (κ3) is 3.41. The zero-order valence-electron chi connectivity index (χ0n) is 15.5. The first-order valence-corrected chi connectivity index (χ1v) is 9.35. The van der Waals surface area contributed by atoms with Crippen LogP contribution in [-0.4, -0.2) is 36.4 Å². The minimum Gasteiger partial charge on any atom is -0.442 e. The Labute approximate surface area is 157 Å². The van der Waals surface area contributed by atoms with Crippen molar-refractivity contribution in [2.75, 3.05) is 18.0 Å². The summed E-state index contributed by atoms with van der Waals surface area (Å²) >= 11 is 0. The largest absolute Gasteiger partial charge is 0.442 e. The van der Waals surface area contributed by atoms with Crippen molar-refractivity contribution in [3.63, 3.8) is 0 Å². The van der Waals surface area contributed by atoms with Crippen molar-refractivity contribution < 1.29 is 18.8 Å². The molecule has 1 aromatic carbocycles. The number of anilines is 1. The molecule has 2 amide bonds. The fourth-order valence-corrected chi connectivity index (χ4v) is 3.58. The third-order valence-corrected chi connectivity index (χ3v) is 5.09. The maximum atomic E-state index is 12.3. The van der Waals surface area contributed by atoms with E-state index in [1.807, 2.05) is 32.0 Å². The van der Waals surface area contributed by atoms with Crippen LogP contribution in [0.25, 0.3) is 11.1 Å². The van der Waals surface area contributed by atoms with Crippen LogP contribution in [0.4, 0.5) is 10.5 Å². The molecule has 1 aromatic heterocycles. The minimum atomic E-state index is -0.377. The first-order valence-electron chi connectivity index (χ1n) is 9.35. The van der Waals surface area contributed by atoms with Gasteiger partial charge in [-0.05, 0) is 36.1 Å². The van der Waals surface area contributed by atoms with E-state index in [2.05, 4.69) is 10.5 Å². The number of carbonyl (C=O) groups is 2. The molecule has 1 N–H and O–H groups in total. The lowest BCUT2D eigenvalue weighted by Gasteiger charge is -2.16. The summed E-state index contributed by atoms with van der Waals surface area (Å²) in [6.07, 6.45) is 3.80. The molecule has 0 saturated carbocycles. The molecule has 1 saturated heterocycles. The lowest BCUT2D eigenvalue weighted by Crippen LogP contribution is -2.36. The monoisotopic (exact) mass is 369 g/mol. The van der Waals surface area contributed by atoms with E-state index in [1.54, 1.807) is 11.1 Å². The summed E-state index contributed by atoms with van der Waals surface area (Å²) in [5.41, 5.74) is 4.14. The number of aromatic nitrogens is 1. The van der Waals surface area contributed by atoms with Gasteiger partial charge in [-0.15, -0.1) is 0 Å². The first-order chi connectivity index (χ1) is 13.0. The predicted molar refractivity (Wildman–Crippen MR) is 99.4 cm³/mol. The Kier molecular flexibility index (Phi) is 4.59. The van der Waals surface area contributed by atoms with Gasteiger partial charge in [-0.1, -0.05) is 25.1 Å². The molecule has 7 heteroatoms. The Hall–Kier alpha value is -2.83. The number of carbonyl (C=O) groups excluding carboxylic acids is 2. The highest BCUT2D eigenvalue weighted by Crippen LogP contribution is 2.35. The Morgan fingerprint density at radius 2 is 2.19 bits per heavy atom. The van der Waals surface area contributed by atoms with Crippen LogP contribution < -0.4 is 10.2 Å². The van der Waals surface area contributed by atoms with Gasteiger partial charge in [0, 0.05) is 23.6 Å². The molecule has 142 valence electrons. The topological polar surface area (TPSA) is 84.7 Å². The molecular weight excluding hydrogens is 346 g/mol. The summed E-state index contributed by atoms with van der Waals surface area (Å²) in [5, 5.41) is 6.74. The van der Waals surface area contributed by atoms with Crippen LogP contribution in [0.15, 0.2) is 28.9 Å². The molecule has 0 radical (unpaired) electrons. The van der Waals surface area contributed by atoms with Crippen molar-refractivity contribution in [1.29, 1.82) is 0 Å². The van der Waals surface area contributed by atoms with Gasteiger partial charge in [-0.3, -0.25) is 9.69 Å². The number of nitrogens with zero attached hydrogens (tertiary/aromatic N) is 2. The second-order valence-electron chi connectivity index (χ2n) is 7.37. The summed E-state index contributed by atoms with van der Waals surface area (Å²) in [6.45, 7) is 4.42. The van der Waals surface area contributed by atoms with Gasteiger partial charge in [0.05, 0.1) is 19.3 Å². The van der Waals surface area contributed by atoms with Crippen LogP contribution in [0, 0.1) is 5.92 Å². The Balaban J connectivity index is 1.51. The molecule has 0 bridgehead atoms. The van der Waals surface area contributed by atoms with Gasteiger partial charge in [0.25, 0.3) is 0 Å². The van der Waals surface area contributed by atoms with Gasteiger partial charge in [0.15, 0.2) is 0 Å². The molecular formula is C20H23N3O4. The number of nitrogens with one attached hydrogen (secondary N) is 1. The van der Waals surface area contributed by atoms with Crippen molar-refractivity contribution in [1.82, 2.24) is 10.5 Å². The predicted octanol–water partition coefficient (Wildman–Crippen LogP) is 2.93. The van der Waals surface area contributed by atoms with Crippen LogP contribution in [0.3, 0.4) is 0 Å². The van der Waals surface area contributed by atoms with Gasteiger partial charge >= 0.3 is 6.09 Å². The number of hydrogen-bond donors (Lipinski definition) is 1. The van der Waals surface area contributed by atoms with Crippen LogP contribution in [-0.2, 0) is 22.4 Å². The molecule has 7 nitrogen and oxygen atoms in total. The van der Waals surface area contributed by atoms with Gasteiger partial charge in [-0.25, -0.2) is 4.79 Å². The fraction of sp³-hybridized carbons (Fsp3) is 0.450. The SMILES string of the molecule is CC(C)C(=O)NC[C@H]1CN(c2ccc3c(c2)CCCc2oncc2-3)C(=O)O1. The average molecular weight is 369 g/mol. The summed E-state index contributed by atoms with van der Waals surface area (Å²) in [5.74, 6) is 0.784. The van der Waals surface area contributed by atoms with Crippen molar-refractivity contribution in [3.8, 4) is 11.1 Å². The Morgan fingerprint density at radius 3 is 3.00 bits per heavy atom. The van der Waals surface area contributed by atoms with Crippen LogP contribution in [0.5, 0.6) is 0 Å². The molecule has 2 aromatic rings. The van der Waals surface area contributed by atoms with Crippen molar-refractivity contribution >= 4 is 17.7 Å². The van der Waals surface area contributed by atoms with E-state index in [9.17, 15) is 9.59 Å². The lowest BCUT2D eigenvalue weighted by atomic mass is 9.99. The molecule has 2 heterocycles. The second-order valence-corrected chi connectivity index (χ2v) is 7.37. The quantitative estimate of drug-likeness (QED) is 0.896. The zero-order chi connectivity index (χ0) is 19.0. The number of rotatable bonds is 4. The normalized spacial score (nSPS) is 18.7. The molecule has 1 atom stereocenters. The number of fused-ring (bicyclic) bond motifs is 3. The van der Waals surface area contributed by atoms with E-state index in [4.69, 9.17) is 9.26 Å². The number of benzene rings is 1. The summed E-state index contributed by atoms with van der Waals surface area (Å²) in [6, 6.07) is 6.00. The maximum absolute atomic E-state index is 12.3. The Bertz CT molecular complexity index is 874. The number of aryl methyl sites for hydroxylation is 2. The minimum absolute atomic E-state index is 0.0425. The van der Waals surface area contributed by atoms with Crippen LogP contribution in [0.1, 0.15) is 31.6 Å². The first kappa shape index (κ1) is 17.6. The van der Waals surface area contributed by atoms with Crippen molar-refractivity contribution in [2.45, 2.75) is 39.2 Å². The molecule has 1 fully saturated rings. The maximum Gasteiger partial charge on any atom is 0.414 e. The van der Waals surface area contributed by atoms with E-state index < -0.39 is 0 Å². The van der Waals surface area contributed by atoms with E-state index in [1.165, 1.54) is 5.56 Å². The van der Waals surface area contributed by atoms with Crippen molar-refractivity contribution in [2.24, 2.45) is 5.92 Å². The highest BCUT2D eigenvalue weighted by atomic mass is 16.6. The molecule has 4 rings (SSSR count). The fourth-order valence-electron chi connectivity index (χ4n) is 3.58. The molecule has 2 aliphatic rings. The Morgan fingerprint density at radius 1 is 1.33 bits per heavy atom. The standard InChI is InChI=1S/C20H23N3O4/c1-12(2)19(24)21-9-15-11-23(20(25)26-15)14-6-7-16-13(8-14)4-3-5-18-17(16)10-22-27-18/h6-8,10,12,15H,3-5,9,11H2,1-2H3,(H,21,24)/t15-/m0/s1. The summed E-state index contributed by atoms with van der Waals surface area (Å²) < 4.78 is 10.8. The van der Waals surface area contributed by atoms with Gasteiger partial charge in [0.2, 0.25) is 5.91 Å². The van der Waals surface area contributed by atoms with Gasteiger partial charge < -0.3 is 14.6 Å². The van der Waals surface area contributed by atoms with E-state index >= 15 is 0 Å². The average Bonchev–Trinajstić information content (AvgIpc) is 3.22. The third-order valence-electron chi connectivity index (χ3n) is 5.09. The second kappa shape index (κ2) is 7.06. The van der Waals surface area contributed by atoms with Crippen LogP contribution in [0.2, 0.25) is 0 Å². The number of cyclic esters (lactones) is 1.